The topological polar surface area (TPSA) is 68.3 Å². The molecule has 1 N–H and O–H groups in total. The zero-order valence-corrected chi connectivity index (χ0v) is 16.7. The van der Waals surface area contributed by atoms with Crippen LogP contribution in [0.1, 0.15) is 61.9 Å². The van der Waals surface area contributed by atoms with Gasteiger partial charge in [0.1, 0.15) is 0 Å². The molecule has 5 heteroatoms. The fourth-order valence-electron chi connectivity index (χ4n) is 2.84. The Morgan fingerprint density at radius 1 is 1.04 bits per heavy atom. The second-order valence-electron chi connectivity index (χ2n) is 7.31. The van der Waals surface area contributed by atoms with E-state index in [4.69, 9.17) is 4.74 Å². The van der Waals surface area contributed by atoms with Crippen LogP contribution < -0.4 is 5.32 Å². The zero-order chi connectivity index (χ0) is 20.0. The van der Waals surface area contributed by atoms with E-state index in [1.165, 1.54) is 0 Å². The van der Waals surface area contributed by atoms with Gasteiger partial charge in [-0.05, 0) is 41.5 Å². The van der Waals surface area contributed by atoms with E-state index in [2.05, 4.69) is 38.0 Å². The minimum atomic E-state index is -0.447. The number of rotatable bonds is 7. The van der Waals surface area contributed by atoms with Crippen LogP contribution in [0, 0.1) is 6.92 Å². The first-order valence-corrected chi connectivity index (χ1v) is 9.27. The quantitative estimate of drug-likeness (QED) is 0.737. The van der Waals surface area contributed by atoms with Crippen molar-refractivity contribution < 1.29 is 14.3 Å². The average molecular weight is 368 g/mol. The summed E-state index contributed by atoms with van der Waals surface area (Å²) in [6.07, 6.45) is 1.74. The summed E-state index contributed by atoms with van der Waals surface area (Å²) in [6, 6.07) is 9.71. The van der Waals surface area contributed by atoms with Crippen LogP contribution >= 0.6 is 0 Å². The summed E-state index contributed by atoms with van der Waals surface area (Å²) >= 11 is 0. The second kappa shape index (κ2) is 9.31. The average Bonchev–Trinajstić information content (AvgIpc) is 2.61. The molecule has 27 heavy (non-hydrogen) atoms. The Morgan fingerprint density at radius 3 is 2.19 bits per heavy atom. The van der Waals surface area contributed by atoms with E-state index < -0.39 is 5.97 Å². The van der Waals surface area contributed by atoms with Crippen LogP contribution in [0.2, 0.25) is 0 Å². The Hall–Kier alpha value is -2.69. The monoisotopic (exact) mass is 368 g/mol. The summed E-state index contributed by atoms with van der Waals surface area (Å²) in [5.74, 6) is -0.233. The van der Waals surface area contributed by atoms with E-state index in [9.17, 15) is 9.59 Å². The SMILES string of the molecule is Cc1ccc(CC(=O)OCC(=O)Nc2c(C(C)C)cccc2C(C)C)cn1. The lowest BCUT2D eigenvalue weighted by atomic mass is 9.92. The van der Waals surface area contributed by atoms with Crippen LogP contribution in [-0.4, -0.2) is 23.5 Å². The minimum Gasteiger partial charge on any atom is -0.455 e. The molecule has 0 atom stereocenters. The fourth-order valence-corrected chi connectivity index (χ4v) is 2.84. The zero-order valence-electron chi connectivity index (χ0n) is 16.7. The molecule has 2 rings (SSSR count). The minimum absolute atomic E-state index is 0.0976. The highest BCUT2D eigenvalue weighted by molar-refractivity contribution is 5.94. The van der Waals surface area contributed by atoms with Crippen LogP contribution in [0.15, 0.2) is 36.5 Å². The Labute approximate surface area is 161 Å². The van der Waals surface area contributed by atoms with Gasteiger partial charge in [0.25, 0.3) is 5.91 Å². The van der Waals surface area contributed by atoms with Crippen molar-refractivity contribution in [1.82, 2.24) is 4.98 Å². The van der Waals surface area contributed by atoms with Crippen molar-refractivity contribution >= 4 is 17.6 Å². The number of nitrogens with zero attached hydrogens (tertiary/aromatic N) is 1. The molecule has 1 aromatic carbocycles. The number of esters is 1. The highest BCUT2D eigenvalue weighted by atomic mass is 16.5. The number of pyridine rings is 1. The fraction of sp³-hybridized carbons (Fsp3) is 0.409. The molecular formula is C22H28N2O3. The largest absolute Gasteiger partial charge is 0.455 e. The number of aromatic nitrogens is 1. The molecule has 1 heterocycles. The van der Waals surface area contributed by atoms with Crippen LogP contribution in [-0.2, 0) is 20.7 Å². The Bertz CT molecular complexity index is 769. The van der Waals surface area contributed by atoms with Crippen molar-refractivity contribution in [3.8, 4) is 0 Å². The van der Waals surface area contributed by atoms with Gasteiger partial charge >= 0.3 is 5.97 Å². The number of carbonyl (C=O) groups excluding carboxylic acids is 2. The van der Waals surface area contributed by atoms with E-state index in [1.54, 1.807) is 6.20 Å². The molecule has 0 saturated carbocycles. The number of aryl methyl sites for hydroxylation is 1. The molecular weight excluding hydrogens is 340 g/mol. The van der Waals surface area contributed by atoms with Crippen LogP contribution in [0.5, 0.6) is 0 Å². The molecule has 0 fully saturated rings. The summed E-state index contributed by atoms with van der Waals surface area (Å²) in [4.78, 5) is 28.5. The number of carbonyl (C=O) groups is 2. The lowest BCUT2D eigenvalue weighted by Gasteiger charge is -2.20. The summed E-state index contributed by atoms with van der Waals surface area (Å²) in [7, 11) is 0. The first-order valence-electron chi connectivity index (χ1n) is 9.27. The lowest BCUT2D eigenvalue weighted by Crippen LogP contribution is -2.23. The van der Waals surface area contributed by atoms with Gasteiger partial charge in [0, 0.05) is 17.6 Å². The predicted octanol–water partition coefficient (Wildman–Crippen LogP) is 4.36. The number of nitrogens with one attached hydrogen (secondary N) is 1. The number of benzene rings is 1. The first-order chi connectivity index (χ1) is 12.8. The molecule has 0 spiro atoms. The molecule has 0 radical (unpaired) electrons. The third kappa shape index (κ3) is 5.91. The Kier molecular flexibility index (Phi) is 7.11. The van der Waals surface area contributed by atoms with Gasteiger partial charge < -0.3 is 10.1 Å². The number of amides is 1. The molecule has 0 aliphatic rings. The smallest absolute Gasteiger partial charge is 0.310 e. The molecule has 0 bridgehead atoms. The van der Waals surface area contributed by atoms with Gasteiger partial charge in [-0.15, -0.1) is 0 Å². The maximum absolute atomic E-state index is 12.4. The second-order valence-corrected chi connectivity index (χ2v) is 7.31. The highest BCUT2D eigenvalue weighted by Crippen LogP contribution is 2.32. The summed E-state index contributed by atoms with van der Waals surface area (Å²) in [5.41, 5.74) is 4.62. The van der Waals surface area contributed by atoms with E-state index in [0.29, 0.717) is 0 Å². The number of hydrogen-bond acceptors (Lipinski definition) is 4. The molecule has 2 aromatic rings. The van der Waals surface area contributed by atoms with Gasteiger partial charge in [0.05, 0.1) is 6.42 Å². The first kappa shape index (κ1) is 20.6. The molecule has 1 aromatic heterocycles. The molecule has 0 aliphatic heterocycles. The predicted molar refractivity (Wildman–Crippen MR) is 107 cm³/mol. The van der Waals surface area contributed by atoms with Crippen LogP contribution in [0.4, 0.5) is 5.69 Å². The molecule has 0 saturated heterocycles. The molecule has 1 amide bonds. The standard InChI is InChI=1S/C22H28N2O3/c1-14(2)18-7-6-8-19(15(3)4)22(18)24-20(25)13-27-21(26)11-17-10-9-16(5)23-12-17/h6-10,12,14-15H,11,13H2,1-5H3,(H,24,25). The number of hydrogen-bond donors (Lipinski definition) is 1. The van der Waals surface area contributed by atoms with Crippen molar-refractivity contribution in [3.63, 3.8) is 0 Å². The van der Waals surface area contributed by atoms with Crippen LogP contribution in [0.25, 0.3) is 0 Å². The Balaban J connectivity index is 1.99. The summed E-state index contributed by atoms with van der Waals surface area (Å²) in [6.45, 7) is 9.93. The van der Waals surface area contributed by atoms with E-state index in [-0.39, 0.29) is 30.8 Å². The van der Waals surface area contributed by atoms with Gasteiger partial charge in [0.15, 0.2) is 6.61 Å². The summed E-state index contributed by atoms with van der Waals surface area (Å²) in [5, 5.41) is 2.94. The van der Waals surface area contributed by atoms with Crippen molar-refractivity contribution in [1.29, 1.82) is 0 Å². The van der Waals surface area contributed by atoms with Gasteiger partial charge in [0.2, 0.25) is 0 Å². The third-order valence-electron chi connectivity index (χ3n) is 4.32. The Morgan fingerprint density at radius 2 is 1.67 bits per heavy atom. The van der Waals surface area contributed by atoms with Gasteiger partial charge in [-0.3, -0.25) is 14.6 Å². The molecule has 5 nitrogen and oxygen atoms in total. The molecule has 144 valence electrons. The van der Waals surface area contributed by atoms with Gasteiger partial charge in [-0.1, -0.05) is 52.0 Å². The molecule has 0 unspecified atom stereocenters. The maximum atomic E-state index is 12.4. The number of para-hydroxylation sites is 1. The normalized spacial score (nSPS) is 10.9. The molecule has 0 aliphatic carbocycles. The lowest BCUT2D eigenvalue weighted by molar-refractivity contribution is -0.146. The van der Waals surface area contributed by atoms with Crippen molar-refractivity contribution in [3.05, 3.63) is 58.9 Å². The highest BCUT2D eigenvalue weighted by Gasteiger charge is 2.17. The van der Waals surface area contributed by atoms with Crippen molar-refractivity contribution in [2.45, 2.75) is 52.9 Å². The van der Waals surface area contributed by atoms with Crippen LogP contribution in [0.3, 0.4) is 0 Å². The number of anilines is 1. The van der Waals surface area contributed by atoms with Crippen molar-refractivity contribution in [2.24, 2.45) is 0 Å². The summed E-state index contributed by atoms with van der Waals surface area (Å²) < 4.78 is 5.13. The van der Waals surface area contributed by atoms with E-state index >= 15 is 0 Å². The van der Waals surface area contributed by atoms with Crippen molar-refractivity contribution in [2.75, 3.05) is 11.9 Å². The maximum Gasteiger partial charge on any atom is 0.310 e. The van der Waals surface area contributed by atoms with Gasteiger partial charge in [-0.2, -0.15) is 0 Å². The van der Waals surface area contributed by atoms with E-state index in [1.807, 2.05) is 37.3 Å². The number of ether oxygens (including phenoxy) is 1. The van der Waals surface area contributed by atoms with Gasteiger partial charge in [-0.25, -0.2) is 0 Å². The van der Waals surface area contributed by atoms with E-state index in [0.717, 1.165) is 28.1 Å². The third-order valence-corrected chi connectivity index (χ3v) is 4.32.